The van der Waals surface area contributed by atoms with Crippen molar-refractivity contribution in [2.45, 2.75) is 64.0 Å². The summed E-state index contributed by atoms with van der Waals surface area (Å²) in [5.41, 5.74) is 3.28. The van der Waals surface area contributed by atoms with E-state index in [2.05, 4.69) is 16.0 Å². The van der Waals surface area contributed by atoms with Gasteiger partial charge in [-0.1, -0.05) is 30.5 Å². The third-order valence-corrected chi connectivity index (χ3v) is 4.79. The average Bonchev–Trinajstić information content (AvgIpc) is 3.14. The van der Waals surface area contributed by atoms with Crippen LogP contribution in [0.2, 0.25) is 0 Å². The van der Waals surface area contributed by atoms with Crippen LogP contribution in [-0.4, -0.2) is 40.9 Å². The van der Waals surface area contributed by atoms with Gasteiger partial charge < -0.3 is 16.0 Å². The summed E-state index contributed by atoms with van der Waals surface area (Å²) in [5.74, 6) is -1.34. The molecule has 0 bridgehead atoms. The number of nitrogens with one attached hydrogen (secondary N) is 4. The lowest BCUT2D eigenvalue weighted by Crippen LogP contribution is -2.50. The molecule has 9 nitrogen and oxygen atoms in total. The predicted octanol–water partition coefficient (Wildman–Crippen LogP) is 1.15. The van der Waals surface area contributed by atoms with Gasteiger partial charge in [-0.2, -0.15) is 0 Å². The summed E-state index contributed by atoms with van der Waals surface area (Å²) in [6.07, 6.45) is 3.13. The first kappa shape index (κ1) is 22.4. The maximum atomic E-state index is 12.7. The van der Waals surface area contributed by atoms with Gasteiger partial charge in [0.25, 0.3) is 0 Å². The molecule has 5 N–H and O–H groups in total. The SMILES string of the molecule is Cc1ccc(NC(=O)[C@H](CCCCCC(=O)NO)NC(=O)[C@H]2CCC(=O)N2)cc1. The van der Waals surface area contributed by atoms with Crippen molar-refractivity contribution >= 4 is 29.3 Å². The van der Waals surface area contributed by atoms with Crippen LogP contribution in [0.25, 0.3) is 0 Å². The maximum Gasteiger partial charge on any atom is 0.246 e. The number of anilines is 1. The van der Waals surface area contributed by atoms with Crippen molar-refractivity contribution in [3.8, 4) is 0 Å². The Morgan fingerprint density at radius 3 is 2.52 bits per heavy atom. The lowest BCUT2D eigenvalue weighted by atomic mass is 10.0. The molecule has 0 aromatic heterocycles. The van der Waals surface area contributed by atoms with E-state index >= 15 is 0 Å². The summed E-state index contributed by atoms with van der Waals surface area (Å²) in [6, 6.07) is 5.96. The standard InChI is InChI=1S/C20H28N4O5/c1-13-7-9-14(10-8-13)21-19(27)15(5-3-2-4-6-18(26)24-29)23-20(28)16-11-12-17(25)22-16/h7-10,15-16,29H,2-6,11-12H2,1H3,(H,21,27)(H,22,25)(H,23,28)(H,24,26)/t15-,16+/m0/s1. The fraction of sp³-hybridized carbons (Fsp3) is 0.500. The number of unbranched alkanes of at least 4 members (excludes halogenated alkanes) is 2. The second-order valence-corrected chi connectivity index (χ2v) is 7.21. The first-order valence-electron chi connectivity index (χ1n) is 9.79. The molecule has 0 radical (unpaired) electrons. The summed E-state index contributed by atoms with van der Waals surface area (Å²) >= 11 is 0. The summed E-state index contributed by atoms with van der Waals surface area (Å²) < 4.78 is 0. The van der Waals surface area contributed by atoms with Gasteiger partial charge in [0.1, 0.15) is 12.1 Å². The second-order valence-electron chi connectivity index (χ2n) is 7.21. The van der Waals surface area contributed by atoms with E-state index in [9.17, 15) is 19.2 Å². The van der Waals surface area contributed by atoms with Gasteiger partial charge in [0.2, 0.25) is 23.6 Å². The number of hydroxylamine groups is 1. The number of carbonyl (C=O) groups is 4. The molecule has 0 spiro atoms. The van der Waals surface area contributed by atoms with Crippen LogP contribution in [0.15, 0.2) is 24.3 Å². The third kappa shape index (κ3) is 7.53. The van der Waals surface area contributed by atoms with Crippen molar-refractivity contribution in [3.05, 3.63) is 29.8 Å². The van der Waals surface area contributed by atoms with E-state index in [1.165, 1.54) is 0 Å². The molecule has 9 heteroatoms. The van der Waals surface area contributed by atoms with Crippen LogP contribution in [0.1, 0.15) is 50.5 Å². The average molecular weight is 404 g/mol. The highest BCUT2D eigenvalue weighted by Crippen LogP contribution is 2.13. The molecule has 1 aromatic rings. The highest BCUT2D eigenvalue weighted by molar-refractivity contribution is 5.99. The van der Waals surface area contributed by atoms with Crippen LogP contribution < -0.4 is 21.4 Å². The maximum absolute atomic E-state index is 12.7. The fourth-order valence-corrected chi connectivity index (χ4v) is 3.08. The Bertz CT molecular complexity index is 735. The van der Waals surface area contributed by atoms with Gasteiger partial charge >= 0.3 is 0 Å². The van der Waals surface area contributed by atoms with E-state index in [0.29, 0.717) is 44.2 Å². The van der Waals surface area contributed by atoms with Crippen LogP contribution in [0.4, 0.5) is 5.69 Å². The Hall–Kier alpha value is -2.94. The Balaban J connectivity index is 1.92. The number of hydrogen-bond acceptors (Lipinski definition) is 5. The molecular weight excluding hydrogens is 376 g/mol. The van der Waals surface area contributed by atoms with Gasteiger partial charge in [-0.15, -0.1) is 0 Å². The van der Waals surface area contributed by atoms with Gasteiger partial charge in [0.05, 0.1) is 0 Å². The predicted molar refractivity (Wildman–Crippen MR) is 106 cm³/mol. The summed E-state index contributed by atoms with van der Waals surface area (Å²) in [6.45, 7) is 1.95. The zero-order chi connectivity index (χ0) is 21.2. The first-order valence-corrected chi connectivity index (χ1v) is 9.79. The molecule has 2 atom stereocenters. The number of amides is 4. The lowest BCUT2D eigenvalue weighted by molar-refractivity contribution is -0.129. The van der Waals surface area contributed by atoms with Gasteiger partial charge in [-0.3, -0.25) is 24.4 Å². The molecule has 0 unspecified atom stereocenters. The normalized spacial score (nSPS) is 16.6. The van der Waals surface area contributed by atoms with Crippen LogP contribution in [-0.2, 0) is 19.2 Å². The molecule has 1 saturated heterocycles. The minimum atomic E-state index is -0.757. The van der Waals surface area contributed by atoms with Crippen molar-refractivity contribution in [2.75, 3.05) is 5.32 Å². The molecule has 1 aliphatic heterocycles. The molecule has 0 saturated carbocycles. The zero-order valence-corrected chi connectivity index (χ0v) is 16.5. The largest absolute Gasteiger partial charge is 0.344 e. The van der Waals surface area contributed by atoms with E-state index in [1.807, 2.05) is 19.1 Å². The Morgan fingerprint density at radius 2 is 1.90 bits per heavy atom. The molecule has 1 aromatic carbocycles. The van der Waals surface area contributed by atoms with E-state index in [-0.39, 0.29) is 24.1 Å². The topological polar surface area (TPSA) is 137 Å². The van der Waals surface area contributed by atoms with Crippen molar-refractivity contribution in [1.82, 2.24) is 16.1 Å². The Kier molecular flexibility index (Phi) is 8.60. The molecule has 2 rings (SSSR count). The monoisotopic (exact) mass is 404 g/mol. The fourth-order valence-electron chi connectivity index (χ4n) is 3.08. The number of benzene rings is 1. The first-order chi connectivity index (χ1) is 13.9. The van der Waals surface area contributed by atoms with Gasteiger partial charge in [0, 0.05) is 18.5 Å². The lowest BCUT2D eigenvalue weighted by Gasteiger charge is -2.20. The zero-order valence-electron chi connectivity index (χ0n) is 16.5. The van der Waals surface area contributed by atoms with Crippen LogP contribution in [0.3, 0.4) is 0 Å². The second kappa shape index (κ2) is 11.2. The van der Waals surface area contributed by atoms with Crippen molar-refractivity contribution in [2.24, 2.45) is 0 Å². The van der Waals surface area contributed by atoms with Gasteiger partial charge in [0.15, 0.2) is 0 Å². The van der Waals surface area contributed by atoms with Crippen LogP contribution in [0, 0.1) is 6.92 Å². The van der Waals surface area contributed by atoms with Crippen LogP contribution >= 0.6 is 0 Å². The van der Waals surface area contributed by atoms with Crippen molar-refractivity contribution < 1.29 is 24.4 Å². The molecule has 0 aliphatic carbocycles. The molecule has 1 fully saturated rings. The number of aryl methyl sites for hydroxylation is 1. The number of carbonyl (C=O) groups excluding carboxylic acids is 4. The van der Waals surface area contributed by atoms with E-state index in [0.717, 1.165) is 5.56 Å². The Labute approximate surface area is 169 Å². The van der Waals surface area contributed by atoms with Crippen molar-refractivity contribution in [1.29, 1.82) is 0 Å². The number of hydrogen-bond donors (Lipinski definition) is 5. The third-order valence-electron chi connectivity index (χ3n) is 4.79. The highest BCUT2D eigenvalue weighted by atomic mass is 16.5. The van der Waals surface area contributed by atoms with E-state index in [1.54, 1.807) is 17.6 Å². The van der Waals surface area contributed by atoms with E-state index in [4.69, 9.17) is 5.21 Å². The summed E-state index contributed by atoms with van der Waals surface area (Å²) in [7, 11) is 0. The molecule has 1 heterocycles. The van der Waals surface area contributed by atoms with Gasteiger partial charge in [-0.05, 0) is 38.3 Å². The smallest absolute Gasteiger partial charge is 0.246 e. The summed E-state index contributed by atoms with van der Waals surface area (Å²) in [5, 5.41) is 16.6. The minimum absolute atomic E-state index is 0.173. The van der Waals surface area contributed by atoms with Crippen molar-refractivity contribution in [3.63, 3.8) is 0 Å². The molecule has 158 valence electrons. The number of rotatable bonds is 10. The van der Waals surface area contributed by atoms with E-state index < -0.39 is 18.0 Å². The molecule has 4 amide bonds. The molecule has 1 aliphatic rings. The Morgan fingerprint density at radius 1 is 1.17 bits per heavy atom. The summed E-state index contributed by atoms with van der Waals surface area (Å²) in [4.78, 5) is 47.5. The molecular formula is C20H28N4O5. The highest BCUT2D eigenvalue weighted by Gasteiger charge is 2.30. The molecule has 29 heavy (non-hydrogen) atoms. The minimum Gasteiger partial charge on any atom is -0.344 e. The quantitative estimate of drug-likeness (QED) is 0.226. The van der Waals surface area contributed by atoms with Gasteiger partial charge in [-0.25, -0.2) is 5.48 Å². The van der Waals surface area contributed by atoms with Crippen LogP contribution in [0.5, 0.6) is 0 Å².